The van der Waals surface area contributed by atoms with E-state index in [2.05, 4.69) is 10.1 Å². The molecule has 246 valence electrons. The van der Waals surface area contributed by atoms with Crippen LogP contribution in [-0.4, -0.2) is 78.2 Å². The molecule has 47 heavy (non-hydrogen) atoms. The molecule has 4 aromatic rings. The molecule has 3 aliphatic rings. The fraction of sp³-hybridized carbons (Fsp3) is 0.472. The van der Waals surface area contributed by atoms with E-state index < -0.39 is 17.7 Å². The number of aromatic nitrogens is 4. The standard InChI is InChI=1S/C36H41FN6O4/c1-21(2)43-30(9-13-39-43)27-17-24(37)6-7-29(27)41-20-28(25-8-12-38-18-31(25)41)33(44)22-10-14-40(15-11-22)34(45)32-26-16-23(26)19-42(32)35(46)47-36(3,4)5/h6-9,12-13,17-18,20-23,26,32H,10-11,14-16,19H2,1-5H3/t23-,26-,32-/m0/s1. The van der Waals surface area contributed by atoms with Crippen LogP contribution >= 0.6 is 0 Å². The molecule has 3 fully saturated rings. The number of hydrogen-bond acceptors (Lipinski definition) is 6. The number of benzene rings is 1. The van der Waals surface area contributed by atoms with Gasteiger partial charge in [-0.1, -0.05) is 0 Å². The van der Waals surface area contributed by atoms with Crippen LogP contribution in [0.15, 0.2) is 55.1 Å². The van der Waals surface area contributed by atoms with Gasteiger partial charge in [-0.15, -0.1) is 0 Å². The van der Waals surface area contributed by atoms with Gasteiger partial charge in [0.05, 0.1) is 23.1 Å². The minimum atomic E-state index is -0.635. The van der Waals surface area contributed by atoms with Crippen LogP contribution in [0, 0.1) is 23.6 Å². The van der Waals surface area contributed by atoms with Crippen LogP contribution in [0.2, 0.25) is 0 Å². The summed E-state index contributed by atoms with van der Waals surface area (Å²) in [5.41, 5.74) is 2.84. The fourth-order valence-electron chi connectivity index (χ4n) is 7.39. The summed E-state index contributed by atoms with van der Waals surface area (Å²) in [6.45, 7) is 11.0. The van der Waals surface area contributed by atoms with Gasteiger partial charge in [0, 0.05) is 66.7 Å². The molecule has 3 aromatic heterocycles. The number of pyridine rings is 1. The molecule has 0 spiro atoms. The molecule has 10 nitrogen and oxygen atoms in total. The second-order valence-electron chi connectivity index (χ2n) is 14.4. The van der Waals surface area contributed by atoms with Crippen molar-refractivity contribution in [2.45, 2.75) is 71.6 Å². The molecule has 11 heteroatoms. The van der Waals surface area contributed by atoms with Crippen molar-refractivity contribution in [2.24, 2.45) is 17.8 Å². The van der Waals surface area contributed by atoms with E-state index in [-0.39, 0.29) is 35.4 Å². The highest BCUT2D eigenvalue weighted by Crippen LogP contribution is 2.50. The summed E-state index contributed by atoms with van der Waals surface area (Å²) in [7, 11) is 0. The van der Waals surface area contributed by atoms with Crippen LogP contribution in [-0.2, 0) is 9.53 Å². The van der Waals surface area contributed by atoms with Gasteiger partial charge in [0.1, 0.15) is 17.5 Å². The topological polar surface area (TPSA) is 103 Å². The lowest BCUT2D eigenvalue weighted by Gasteiger charge is -2.36. The van der Waals surface area contributed by atoms with Gasteiger partial charge < -0.3 is 14.2 Å². The Morgan fingerprint density at radius 3 is 2.53 bits per heavy atom. The first-order chi connectivity index (χ1) is 22.4. The predicted octanol–water partition coefficient (Wildman–Crippen LogP) is 6.29. The minimum Gasteiger partial charge on any atom is -0.444 e. The van der Waals surface area contributed by atoms with Crippen LogP contribution in [0.3, 0.4) is 0 Å². The van der Waals surface area contributed by atoms with E-state index in [1.54, 1.807) is 29.6 Å². The van der Waals surface area contributed by atoms with Gasteiger partial charge in [-0.25, -0.2) is 9.18 Å². The molecule has 0 bridgehead atoms. The number of ketones is 1. The molecule has 3 atom stereocenters. The van der Waals surface area contributed by atoms with Crippen molar-refractivity contribution in [3.8, 4) is 16.9 Å². The number of nitrogens with zero attached hydrogens (tertiary/aromatic N) is 6. The predicted molar refractivity (Wildman–Crippen MR) is 175 cm³/mol. The number of likely N-dealkylation sites (tertiary alicyclic amines) is 2. The van der Waals surface area contributed by atoms with Gasteiger partial charge in [0.25, 0.3) is 0 Å². The van der Waals surface area contributed by atoms with E-state index in [0.29, 0.717) is 49.5 Å². The number of fused-ring (bicyclic) bond motifs is 2. The van der Waals surface area contributed by atoms with E-state index in [1.165, 1.54) is 12.1 Å². The van der Waals surface area contributed by atoms with Crippen LogP contribution in [0.1, 0.15) is 70.3 Å². The number of hydrogen-bond donors (Lipinski definition) is 0. The average molecular weight is 641 g/mol. The maximum atomic E-state index is 14.7. The quantitative estimate of drug-likeness (QED) is 0.230. The molecule has 1 saturated carbocycles. The molecular weight excluding hydrogens is 599 g/mol. The van der Waals surface area contributed by atoms with Crippen LogP contribution < -0.4 is 0 Å². The van der Waals surface area contributed by atoms with Crippen LogP contribution in [0.25, 0.3) is 27.8 Å². The number of ether oxygens (including phenoxy) is 1. The van der Waals surface area contributed by atoms with Crippen molar-refractivity contribution in [2.75, 3.05) is 19.6 Å². The number of carbonyl (C=O) groups excluding carboxylic acids is 3. The molecule has 2 amide bonds. The summed E-state index contributed by atoms with van der Waals surface area (Å²) < 4.78 is 24.0. The zero-order valence-corrected chi connectivity index (χ0v) is 27.5. The first-order valence-electron chi connectivity index (χ1n) is 16.5. The highest BCUT2D eigenvalue weighted by atomic mass is 19.1. The van der Waals surface area contributed by atoms with Crippen molar-refractivity contribution in [3.05, 3.63) is 66.5 Å². The molecular formula is C36H41FN6O4. The number of rotatable bonds is 6. The van der Waals surface area contributed by atoms with E-state index in [4.69, 9.17) is 4.74 Å². The Labute approximate surface area is 273 Å². The van der Waals surface area contributed by atoms with Gasteiger partial charge in [0.15, 0.2) is 5.78 Å². The fourth-order valence-corrected chi connectivity index (χ4v) is 7.39. The smallest absolute Gasteiger partial charge is 0.410 e. The van der Waals surface area contributed by atoms with Gasteiger partial charge in [-0.05, 0) is 96.0 Å². The maximum absolute atomic E-state index is 14.7. The third-order valence-electron chi connectivity index (χ3n) is 9.74. The Morgan fingerprint density at radius 1 is 1.04 bits per heavy atom. The second-order valence-corrected chi connectivity index (χ2v) is 14.4. The number of piperidine rings is 2. The molecule has 0 unspecified atom stereocenters. The lowest BCUT2D eigenvalue weighted by molar-refractivity contribution is -0.138. The summed E-state index contributed by atoms with van der Waals surface area (Å²) in [6.07, 6.45) is 8.53. The number of amides is 2. The monoisotopic (exact) mass is 640 g/mol. The summed E-state index contributed by atoms with van der Waals surface area (Å²) in [5, 5.41) is 5.23. The largest absolute Gasteiger partial charge is 0.444 e. The SMILES string of the molecule is CC(C)n1nccc1-c1cc(F)ccc1-n1cc(C(=O)C2CCN(C(=O)[C@@H]3[C@H]4C[C@H]4CN3C(=O)OC(C)(C)C)CC2)c2ccncc21. The van der Waals surface area contributed by atoms with Crippen molar-refractivity contribution in [3.63, 3.8) is 0 Å². The van der Waals surface area contributed by atoms with E-state index in [9.17, 15) is 18.8 Å². The van der Waals surface area contributed by atoms with Gasteiger partial charge >= 0.3 is 6.09 Å². The number of carbonyl (C=O) groups is 3. The third kappa shape index (κ3) is 5.70. The Kier molecular flexibility index (Phi) is 7.68. The first-order valence-corrected chi connectivity index (χ1v) is 16.5. The summed E-state index contributed by atoms with van der Waals surface area (Å²) in [4.78, 5) is 48.7. The lowest BCUT2D eigenvalue weighted by Crippen LogP contribution is -2.52. The lowest BCUT2D eigenvalue weighted by atomic mass is 9.88. The Bertz CT molecular complexity index is 1860. The second kappa shape index (κ2) is 11.6. The molecule has 1 aromatic carbocycles. The van der Waals surface area contributed by atoms with Crippen molar-refractivity contribution in [1.29, 1.82) is 0 Å². The van der Waals surface area contributed by atoms with Crippen LogP contribution in [0.5, 0.6) is 0 Å². The maximum Gasteiger partial charge on any atom is 0.410 e. The Balaban J connectivity index is 1.12. The Hall–Kier alpha value is -4.54. The van der Waals surface area contributed by atoms with Crippen LogP contribution in [0.4, 0.5) is 9.18 Å². The highest BCUT2D eigenvalue weighted by Gasteiger charge is 2.58. The molecule has 0 N–H and O–H groups in total. The number of Topliss-reactive ketones (excluding diaryl/α,β-unsaturated/α-hetero) is 1. The van der Waals surface area contributed by atoms with Gasteiger partial charge in [0.2, 0.25) is 5.91 Å². The molecule has 0 radical (unpaired) electrons. The first kappa shape index (κ1) is 31.1. The number of halogens is 1. The summed E-state index contributed by atoms with van der Waals surface area (Å²) in [6, 6.07) is 7.92. The third-order valence-corrected chi connectivity index (χ3v) is 9.74. The van der Waals surface area contributed by atoms with Crippen molar-refractivity contribution >= 4 is 28.7 Å². The van der Waals surface area contributed by atoms with Crippen molar-refractivity contribution in [1.82, 2.24) is 29.1 Å². The molecule has 2 aliphatic heterocycles. The summed E-state index contributed by atoms with van der Waals surface area (Å²) >= 11 is 0. The molecule has 5 heterocycles. The zero-order valence-electron chi connectivity index (χ0n) is 27.5. The molecule has 2 saturated heterocycles. The van der Waals surface area contributed by atoms with E-state index in [1.807, 2.05) is 67.1 Å². The highest BCUT2D eigenvalue weighted by molar-refractivity contribution is 6.09. The molecule has 1 aliphatic carbocycles. The Morgan fingerprint density at radius 2 is 1.81 bits per heavy atom. The van der Waals surface area contributed by atoms with Crippen molar-refractivity contribution < 1.29 is 23.5 Å². The van der Waals surface area contributed by atoms with E-state index in [0.717, 1.165) is 28.7 Å². The van der Waals surface area contributed by atoms with E-state index >= 15 is 0 Å². The van der Waals surface area contributed by atoms with Gasteiger partial charge in [-0.3, -0.25) is 24.2 Å². The molecule has 7 rings (SSSR count). The average Bonchev–Trinajstić information content (AvgIpc) is 3.37. The minimum absolute atomic E-state index is 0.0152. The van der Waals surface area contributed by atoms with Gasteiger partial charge in [-0.2, -0.15) is 5.10 Å². The summed E-state index contributed by atoms with van der Waals surface area (Å²) in [5.74, 6) is -0.114. The zero-order chi connectivity index (χ0) is 33.2. The normalized spacial score (nSPS) is 21.4.